The highest BCUT2D eigenvalue weighted by Crippen LogP contribution is 2.10. The summed E-state index contributed by atoms with van der Waals surface area (Å²) >= 11 is 5.88. The first-order valence-corrected chi connectivity index (χ1v) is 5.13. The first-order chi connectivity index (χ1) is 7.79. The first kappa shape index (κ1) is 11.0. The van der Waals surface area contributed by atoms with Crippen LogP contribution in [0.15, 0.2) is 18.7 Å². The van der Waals surface area contributed by atoms with Gasteiger partial charge in [-0.3, -0.25) is 0 Å². The Bertz CT molecular complexity index is 459. The van der Waals surface area contributed by atoms with E-state index in [1.165, 1.54) is 11.0 Å². The quantitative estimate of drug-likeness (QED) is 0.752. The molecule has 2 rings (SSSR count). The zero-order chi connectivity index (χ0) is 11.4. The molecule has 16 heavy (non-hydrogen) atoms. The molecule has 84 valence electrons. The molecule has 0 radical (unpaired) electrons. The van der Waals surface area contributed by atoms with Crippen LogP contribution in [0.25, 0.3) is 5.82 Å². The van der Waals surface area contributed by atoms with Gasteiger partial charge < -0.3 is 4.74 Å². The highest BCUT2D eigenvalue weighted by molar-refractivity contribution is 6.29. The second kappa shape index (κ2) is 5.00. The van der Waals surface area contributed by atoms with Crippen LogP contribution in [0.2, 0.25) is 5.15 Å². The average Bonchev–Trinajstić information content (AvgIpc) is 2.79. The minimum absolute atomic E-state index is 0.332. The van der Waals surface area contributed by atoms with E-state index in [2.05, 4.69) is 20.1 Å². The second-order valence-corrected chi connectivity index (χ2v) is 3.33. The summed E-state index contributed by atoms with van der Waals surface area (Å²) in [5.74, 6) is 1.10. The predicted molar refractivity (Wildman–Crippen MR) is 57.3 cm³/mol. The van der Waals surface area contributed by atoms with Gasteiger partial charge in [0.1, 0.15) is 24.4 Å². The summed E-state index contributed by atoms with van der Waals surface area (Å²) in [6, 6.07) is 1.62. The van der Waals surface area contributed by atoms with Gasteiger partial charge in [-0.05, 0) is 6.92 Å². The molecule has 0 unspecified atom stereocenters. The number of ether oxygens (including phenoxy) is 1. The maximum atomic E-state index is 5.88. The van der Waals surface area contributed by atoms with Crippen molar-refractivity contribution >= 4 is 11.6 Å². The zero-order valence-corrected chi connectivity index (χ0v) is 9.42. The van der Waals surface area contributed by atoms with Gasteiger partial charge in [0.15, 0.2) is 11.6 Å². The molecule has 0 spiro atoms. The van der Waals surface area contributed by atoms with Crippen molar-refractivity contribution in [2.45, 2.75) is 13.5 Å². The topological polar surface area (TPSA) is 65.7 Å². The summed E-state index contributed by atoms with van der Waals surface area (Å²) in [4.78, 5) is 12.1. The zero-order valence-electron chi connectivity index (χ0n) is 8.67. The van der Waals surface area contributed by atoms with Crippen LogP contribution in [0.5, 0.6) is 0 Å². The summed E-state index contributed by atoms with van der Waals surface area (Å²) in [7, 11) is 0. The van der Waals surface area contributed by atoms with Crippen LogP contribution in [-0.2, 0) is 11.3 Å². The second-order valence-electron chi connectivity index (χ2n) is 2.94. The third-order valence-corrected chi connectivity index (χ3v) is 2.01. The van der Waals surface area contributed by atoms with E-state index in [0.29, 0.717) is 30.0 Å². The van der Waals surface area contributed by atoms with Crippen LogP contribution in [0.4, 0.5) is 0 Å². The van der Waals surface area contributed by atoms with Crippen LogP contribution in [0.1, 0.15) is 12.7 Å². The Kier molecular flexibility index (Phi) is 3.43. The summed E-state index contributed by atoms with van der Waals surface area (Å²) in [5.41, 5.74) is 0. The maximum absolute atomic E-state index is 5.88. The van der Waals surface area contributed by atoms with E-state index >= 15 is 0 Å². The van der Waals surface area contributed by atoms with Crippen molar-refractivity contribution in [3.05, 3.63) is 29.7 Å². The van der Waals surface area contributed by atoms with Crippen molar-refractivity contribution in [1.82, 2.24) is 24.7 Å². The average molecular weight is 240 g/mol. The Labute approximate surface area is 97.3 Å². The van der Waals surface area contributed by atoms with E-state index in [1.807, 2.05) is 6.92 Å². The van der Waals surface area contributed by atoms with Gasteiger partial charge in [-0.1, -0.05) is 11.6 Å². The lowest BCUT2D eigenvalue weighted by Crippen LogP contribution is -2.05. The molecule has 0 aromatic carbocycles. The predicted octanol–water partition coefficient (Wildman–Crippen LogP) is 1.25. The van der Waals surface area contributed by atoms with Gasteiger partial charge in [-0.15, -0.1) is 0 Å². The van der Waals surface area contributed by atoms with Crippen LogP contribution >= 0.6 is 11.6 Å². The van der Waals surface area contributed by atoms with Crippen molar-refractivity contribution in [2.75, 3.05) is 6.61 Å². The fraction of sp³-hybridized carbons (Fsp3) is 0.333. The standard InChI is InChI=1S/C9H10ClN5O/c1-2-16-4-8-13-7(10)3-9(14-8)15-6-11-5-12-15/h3,5-6H,2,4H2,1H3. The van der Waals surface area contributed by atoms with Gasteiger partial charge >= 0.3 is 0 Å². The largest absolute Gasteiger partial charge is 0.374 e. The third kappa shape index (κ3) is 2.53. The highest BCUT2D eigenvalue weighted by Gasteiger charge is 2.05. The Balaban J connectivity index is 2.29. The molecule has 6 nitrogen and oxygen atoms in total. The normalized spacial score (nSPS) is 10.6. The van der Waals surface area contributed by atoms with Crippen molar-refractivity contribution in [3.8, 4) is 5.82 Å². The van der Waals surface area contributed by atoms with E-state index < -0.39 is 0 Å². The van der Waals surface area contributed by atoms with E-state index in [-0.39, 0.29) is 0 Å². The lowest BCUT2D eigenvalue weighted by atomic mass is 10.5. The lowest BCUT2D eigenvalue weighted by molar-refractivity contribution is 0.128. The molecule has 2 aromatic heterocycles. The fourth-order valence-corrected chi connectivity index (χ4v) is 1.35. The third-order valence-electron chi connectivity index (χ3n) is 1.82. The molecule has 0 aliphatic heterocycles. The van der Waals surface area contributed by atoms with Gasteiger partial charge in [0, 0.05) is 12.7 Å². The van der Waals surface area contributed by atoms with Crippen molar-refractivity contribution in [3.63, 3.8) is 0 Å². The minimum atomic E-state index is 0.332. The number of halogens is 1. The van der Waals surface area contributed by atoms with Crippen LogP contribution in [0, 0.1) is 0 Å². The molecule has 0 aliphatic carbocycles. The number of rotatable bonds is 4. The smallest absolute Gasteiger partial charge is 0.160 e. The molecule has 2 heterocycles. The number of aromatic nitrogens is 5. The van der Waals surface area contributed by atoms with E-state index in [1.54, 1.807) is 12.4 Å². The van der Waals surface area contributed by atoms with Crippen LogP contribution in [0.3, 0.4) is 0 Å². The molecule has 0 saturated carbocycles. The molecule has 0 fully saturated rings. The van der Waals surface area contributed by atoms with Crippen molar-refractivity contribution in [2.24, 2.45) is 0 Å². The summed E-state index contributed by atoms with van der Waals surface area (Å²) < 4.78 is 6.73. The molecular weight excluding hydrogens is 230 g/mol. The minimum Gasteiger partial charge on any atom is -0.374 e. The molecule has 0 bridgehead atoms. The van der Waals surface area contributed by atoms with Crippen LogP contribution < -0.4 is 0 Å². The molecule has 7 heteroatoms. The van der Waals surface area contributed by atoms with Gasteiger partial charge in [-0.2, -0.15) is 5.10 Å². The summed E-state index contributed by atoms with van der Waals surface area (Å²) in [6.45, 7) is 2.84. The molecule has 0 saturated heterocycles. The Hall–Kier alpha value is -1.53. The Morgan fingerprint density at radius 3 is 3.00 bits per heavy atom. The van der Waals surface area contributed by atoms with E-state index in [0.717, 1.165) is 0 Å². The maximum Gasteiger partial charge on any atom is 0.160 e. The number of hydrogen-bond acceptors (Lipinski definition) is 5. The number of hydrogen-bond donors (Lipinski definition) is 0. The Morgan fingerprint density at radius 2 is 2.31 bits per heavy atom. The van der Waals surface area contributed by atoms with Gasteiger partial charge in [0.25, 0.3) is 0 Å². The first-order valence-electron chi connectivity index (χ1n) is 4.76. The number of nitrogens with zero attached hydrogens (tertiary/aromatic N) is 5. The molecule has 0 amide bonds. The van der Waals surface area contributed by atoms with E-state index in [4.69, 9.17) is 16.3 Å². The Morgan fingerprint density at radius 1 is 1.44 bits per heavy atom. The highest BCUT2D eigenvalue weighted by atomic mass is 35.5. The van der Waals surface area contributed by atoms with Gasteiger partial charge in [0.05, 0.1) is 0 Å². The molecule has 0 N–H and O–H groups in total. The molecule has 2 aromatic rings. The van der Waals surface area contributed by atoms with Gasteiger partial charge in [-0.25, -0.2) is 19.6 Å². The summed E-state index contributed by atoms with van der Waals surface area (Å²) in [6.07, 6.45) is 2.97. The molecule has 0 aliphatic rings. The van der Waals surface area contributed by atoms with Crippen molar-refractivity contribution in [1.29, 1.82) is 0 Å². The molecular formula is C9H10ClN5O. The van der Waals surface area contributed by atoms with E-state index in [9.17, 15) is 0 Å². The fourth-order valence-electron chi connectivity index (χ4n) is 1.15. The summed E-state index contributed by atoms with van der Waals surface area (Å²) in [5, 5.41) is 4.32. The van der Waals surface area contributed by atoms with Gasteiger partial charge in [0.2, 0.25) is 0 Å². The molecule has 0 atom stereocenters. The monoisotopic (exact) mass is 239 g/mol. The van der Waals surface area contributed by atoms with Crippen molar-refractivity contribution < 1.29 is 4.74 Å². The van der Waals surface area contributed by atoms with Crippen LogP contribution in [-0.4, -0.2) is 31.3 Å². The SMILES string of the molecule is CCOCc1nc(Cl)cc(-n2cncn2)n1. The lowest BCUT2D eigenvalue weighted by Gasteiger charge is -2.04.